The number of carbonyl (C=O) groups excluding carboxylic acids is 2. The van der Waals surface area contributed by atoms with Gasteiger partial charge in [0, 0.05) is 32.2 Å². The van der Waals surface area contributed by atoms with E-state index < -0.39 is 0 Å². The first-order valence-corrected chi connectivity index (χ1v) is 7.27. The number of nitrogens with zero attached hydrogens (tertiary/aromatic N) is 3. The van der Waals surface area contributed by atoms with E-state index in [2.05, 4.69) is 5.32 Å². The Morgan fingerprint density at radius 3 is 2.77 bits per heavy atom. The molecule has 0 spiro atoms. The minimum absolute atomic E-state index is 0.00818. The highest BCUT2D eigenvalue weighted by atomic mass is 16.2. The number of aryl methyl sites for hydroxylation is 1. The number of hydrogen-bond acceptors (Lipinski definition) is 3. The van der Waals surface area contributed by atoms with Crippen LogP contribution in [0.15, 0.2) is 24.3 Å². The molecule has 1 aromatic rings. The first-order chi connectivity index (χ1) is 10.5. The van der Waals surface area contributed by atoms with Crippen LogP contribution in [0.25, 0.3) is 0 Å². The Kier molecular flexibility index (Phi) is 4.99. The Balaban J connectivity index is 1.93. The van der Waals surface area contributed by atoms with E-state index in [1.165, 1.54) is 4.90 Å². The molecule has 1 saturated heterocycles. The van der Waals surface area contributed by atoms with E-state index in [0.29, 0.717) is 25.9 Å². The van der Waals surface area contributed by atoms with E-state index >= 15 is 0 Å². The van der Waals surface area contributed by atoms with Crippen molar-refractivity contribution in [2.75, 3.05) is 25.0 Å². The molecule has 1 N–H and O–H groups in total. The summed E-state index contributed by atoms with van der Waals surface area (Å²) in [6, 6.07) is 9.30. The quantitative estimate of drug-likeness (QED) is 0.918. The molecule has 116 valence electrons. The van der Waals surface area contributed by atoms with E-state index in [1.807, 2.05) is 37.3 Å². The summed E-state index contributed by atoms with van der Waals surface area (Å²) in [4.78, 5) is 27.2. The molecule has 0 unspecified atom stereocenters. The van der Waals surface area contributed by atoms with Gasteiger partial charge in [-0.25, -0.2) is 4.79 Å². The van der Waals surface area contributed by atoms with Crippen LogP contribution in [-0.4, -0.2) is 43.0 Å². The van der Waals surface area contributed by atoms with Gasteiger partial charge in [-0.05, 0) is 19.1 Å². The molecule has 0 aromatic heterocycles. The van der Waals surface area contributed by atoms with Crippen molar-refractivity contribution in [1.82, 2.24) is 10.2 Å². The fraction of sp³-hybridized carbons (Fsp3) is 0.438. The molecule has 0 saturated carbocycles. The highest BCUT2D eigenvalue weighted by molar-refractivity contribution is 5.96. The van der Waals surface area contributed by atoms with Gasteiger partial charge in [-0.2, -0.15) is 5.26 Å². The molecule has 1 aliphatic rings. The number of anilines is 1. The second kappa shape index (κ2) is 6.94. The monoisotopic (exact) mass is 300 g/mol. The third kappa shape index (κ3) is 3.76. The smallest absolute Gasteiger partial charge is 0.317 e. The fourth-order valence-electron chi connectivity index (χ4n) is 2.38. The molecule has 1 fully saturated rings. The van der Waals surface area contributed by atoms with Crippen LogP contribution >= 0.6 is 0 Å². The number of carbonyl (C=O) groups is 2. The molecule has 1 heterocycles. The lowest BCUT2D eigenvalue weighted by atomic mass is 10.2. The van der Waals surface area contributed by atoms with Gasteiger partial charge in [0.05, 0.1) is 18.5 Å². The maximum Gasteiger partial charge on any atom is 0.317 e. The van der Waals surface area contributed by atoms with Gasteiger partial charge in [-0.1, -0.05) is 17.7 Å². The van der Waals surface area contributed by atoms with Crippen molar-refractivity contribution in [2.24, 2.45) is 0 Å². The van der Waals surface area contributed by atoms with Gasteiger partial charge >= 0.3 is 6.03 Å². The zero-order valence-corrected chi connectivity index (χ0v) is 12.9. The van der Waals surface area contributed by atoms with Gasteiger partial charge in [0.2, 0.25) is 5.91 Å². The summed E-state index contributed by atoms with van der Waals surface area (Å²) in [7, 11) is 1.64. The molecule has 1 aromatic carbocycles. The highest BCUT2D eigenvalue weighted by Gasteiger charge is 2.31. The summed E-state index contributed by atoms with van der Waals surface area (Å²) >= 11 is 0. The first-order valence-electron chi connectivity index (χ1n) is 7.27. The lowest BCUT2D eigenvalue weighted by Gasteiger charge is -2.20. The van der Waals surface area contributed by atoms with Crippen LogP contribution in [0.4, 0.5) is 10.5 Å². The number of nitrogens with one attached hydrogen (secondary N) is 1. The molecule has 6 heteroatoms. The van der Waals surface area contributed by atoms with E-state index in [1.54, 1.807) is 11.9 Å². The van der Waals surface area contributed by atoms with Gasteiger partial charge in [0.1, 0.15) is 0 Å². The SMILES string of the molecule is Cc1ccc(N2C[C@H](NC(=O)N(C)CCC#N)CC2=O)cc1. The summed E-state index contributed by atoms with van der Waals surface area (Å²) in [5.74, 6) is 0.00818. The third-order valence-corrected chi connectivity index (χ3v) is 3.70. The zero-order chi connectivity index (χ0) is 16.1. The standard InChI is InChI=1S/C16H20N4O2/c1-12-4-6-14(7-5-12)20-11-13(10-15(20)21)18-16(22)19(2)9-3-8-17/h4-7,13H,3,9-11H2,1-2H3,(H,18,22)/t13-/m1/s1. The Bertz CT molecular complexity index is 591. The summed E-state index contributed by atoms with van der Waals surface area (Å²) < 4.78 is 0. The number of amides is 3. The van der Waals surface area contributed by atoms with Crippen molar-refractivity contribution in [3.05, 3.63) is 29.8 Å². The van der Waals surface area contributed by atoms with Crippen molar-refractivity contribution in [2.45, 2.75) is 25.8 Å². The summed E-state index contributed by atoms with van der Waals surface area (Å²) in [6.45, 7) is 2.85. The largest absolute Gasteiger partial charge is 0.333 e. The molecule has 0 radical (unpaired) electrons. The minimum atomic E-state index is -0.251. The molecule has 3 amide bonds. The van der Waals surface area contributed by atoms with Gasteiger partial charge in [-0.15, -0.1) is 0 Å². The lowest BCUT2D eigenvalue weighted by molar-refractivity contribution is -0.117. The minimum Gasteiger partial charge on any atom is -0.333 e. The molecule has 22 heavy (non-hydrogen) atoms. The van der Waals surface area contributed by atoms with Crippen LogP contribution in [0, 0.1) is 18.3 Å². The topological polar surface area (TPSA) is 76.4 Å². The van der Waals surface area contributed by atoms with Crippen LogP contribution in [0.1, 0.15) is 18.4 Å². The molecule has 0 aliphatic carbocycles. The second-order valence-corrected chi connectivity index (χ2v) is 5.52. The zero-order valence-electron chi connectivity index (χ0n) is 12.9. The third-order valence-electron chi connectivity index (χ3n) is 3.70. The average molecular weight is 300 g/mol. The van der Waals surface area contributed by atoms with Gasteiger partial charge in [-0.3, -0.25) is 4.79 Å². The van der Waals surface area contributed by atoms with Crippen molar-refractivity contribution in [3.63, 3.8) is 0 Å². The van der Waals surface area contributed by atoms with Crippen molar-refractivity contribution < 1.29 is 9.59 Å². The van der Waals surface area contributed by atoms with Crippen LogP contribution < -0.4 is 10.2 Å². The molecule has 2 rings (SSSR count). The number of urea groups is 1. The van der Waals surface area contributed by atoms with E-state index in [0.717, 1.165) is 11.3 Å². The number of benzene rings is 1. The van der Waals surface area contributed by atoms with E-state index in [4.69, 9.17) is 5.26 Å². The molecular formula is C16H20N4O2. The second-order valence-electron chi connectivity index (χ2n) is 5.52. The van der Waals surface area contributed by atoms with Crippen LogP contribution in [-0.2, 0) is 4.79 Å². The number of rotatable bonds is 4. The van der Waals surface area contributed by atoms with Crippen molar-refractivity contribution in [3.8, 4) is 6.07 Å². The maximum absolute atomic E-state index is 12.1. The molecular weight excluding hydrogens is 280 g/mol. The van der Waals surface area contributed by atoms with Crippen LogP contribution in [0.3, 0.4) is 0 Å². The maximum atomic E-state index is 12.1. The van der Waals surface area contributed by atoms with Crippen molar-refractivity contribution in [1.29, 1.82) is 5.26 Å². The predicted molar refractivity (Wildman–Crippen MR) is 83.3 cm³/mol. The molecule has 1 aliphatic heterocycles. The molecule has 0 bridgehead atoms. The summed E-state index contributed by atoms with van der Waals surface area (Å²) in [5, 5.41) is 11.4. The average Bonchev–Trinajstić information content (AvgIpc) is 2.86. The fourth-order valence-corrected chi connectivity index (χ4v) is 2.38. The van der Waals surface area contributed by atoms with Gasteiger partial charge < -0.3 is 15.1 Å². The number of nitriles is 1. The first kappa shape index (κ1) is 15.8. The van der Waals surface area contributed by atoms with Crippen molar-refractivity contribution >= 4 is 17.6 Å². The normalized spacial score (nSPS) is 17.2. The number of hydrogen-bond donors (Lipinski definition) is 1. The Morgan fingerprint density at radius 2 is 2.14 bits per heavy atom. The summed E-state index contributed by atoms with van der Waals surface area (Å²) in [5.41, 5.74) is 1.99. The Hall–Kier alpha value is -2.55. The lowest BCUT2D eigenvalue weighted by Crippen LogP contribution is -2.44. The molecule has 1 atom stereocenters. The Labute approximate surface area is 130 Å². The summed E-state index contributed by atoms with van der Waals surface area (Å²) in [6.07, 6.45) is 0.592. The van der Waals surface area contributed by atoms with Crippen LogP contribution in [0.5, 0.6) is 0 Å². The van der Waals surface area contributed by atoms with Gasteiger partial charge in [0.25, 0.3) is 0 Å². The van der Waals surface area contributed by atoms with Gasteiger partial charge in [0.15, 0.2) is 0 Å². The highest BCUT2D eigenvalue weighted by Crippen LogP contribution is 2.22. The van der Waals surface area contributed by atoms with E-state index in [9.17, 15) is 9.59 Å². The predicted octanol–water partition coefficient (Wildman–Crippen LogP) is 1.66. The molecule has 6 nitrogen and oxygen atoms in total. The Morgan fingerprint density at radius 1 is 1.45 bits per heavy atom. The van der Waals surface area contributed by atoms with E-state index in [-0.39, 0.29) is 18.0 Å². The van der Waals surface area contributed by atoms with Crippen LogP contribution in [0.2, 0.25) is 0 Å².